The summed E-state index contributed by atoms with van der Waals surface area (Å²) in [6.45, 7) is 6.50. The fraction of sp³-hybridized carbons (Fsp3) is 1.00. The van der Waals surface area contributed by atoms with Crippen LogP contribution in [-0.4, -0.2) is 50.3 Å². The van der Waals surface area contributed by atoms with Crippen molar-refractivity contribution in [2.75, 3.05) is 27.3 Å². The third-order valence-corrected chi connectivity index (χ3v) is 3.49. The van der Waals surface area contributed by atoms with E-state index >= 15 is 0 Å². The molecule has 1 rings (SSSR count). The zero-order valence-electron chi connectivity index (χ0n) is 10.6. The van der Waals surface area contributed by atoms with E-state index in [2.05, 4.69) is 31.1 Å². The molecule has 1 fully saturated rings. The van der Waals surface area contributed by atoms with Gasteiger partial charge in [-0.2, -0.15) is 0 Å². The first-order chi connectivity index (χ1) is 7.24. The highest BCUT2D eigenvalue weighted by Gasteiger charge is 2.33. The fourth-order valence-electron chi connectivity index (χ4n) is 2.34. The van der Waals surface area contributed by atoms with Crippen LogP contribution in [0.5, 0.6) is 0 Å². The summed E-state index contributed by atoms with van der Waals surface area (Å²) in [6, 6.07) is 2.03. The van der Waals surface area contributed by atoms with Crippen molar-refractivity contribution in [3.8, 4) is 0 Å². The molecule has 0 bridgehead atoms. The normalized spacial score (nSPS) is 20.6. The summed E-state index contributed by atoms with van der Waals surface area (Å²) in [7, 11) is 3.84. The smallest absolute Gasteiger partial charge is 0.0589 e. The molecule has 1 aliphatic carbocycles. The summed E-state index contributed by atoms with van der Waals surface area (Å²) in [5.74, 6) is 0. The lowest BCUT2D eigenvalue weighted by Crippen LogP contribution is -2.49. The van der Waals surface area contributed by atoms with E-state index in [9.17, 15) is 0 Å². The Morgan fingerprint density at radius 2 is 2.13 bits per heavy atom. The van der Waals surface area contributed by atoms with Crippen LogP contribution in [0.15, 0.2) is 0 Å². The quantitative estimate of drug-likeness (QED) is 0.662. The second-order valence-corrected chi connectivity index (χ2v) is 4.51. The molecule has 15 heavy (non-hydrogen) atoms. The van der Waals surface area contributed by atoms with Crippen LogP contribution >= 0.6 is 0 Å². The molecule has 3 heteroatoms. The molecule has 3 nitrogen and oxygen atoms in total. The lowest BCUT2D eigenvalue weighted by molar-refractivity contribution is 0.103. The average Bonchev–Trinajstić information content (AvgIpc) is 3.04. The van der Waals surface area contributed by atoms with Gasteiger partial charge in [-0.1, -0.05) is 6.92 Å². The van der Waals surface area contributed by atoms with E-state index in [0.717, 1.165) is 19.2 Å². The Morgan fingerprint density at radius 1 is 1.47 bits per heavy atom. The first-order valence-electron chi connectivity index (χ1n) is 6.16. The zero-order valence-corrected chi connectivity index (χ0v) is 10.6. The highest BCUT2D eigenvalue weighted by atomic mass is 16.5. The van der Waals surface area contributed by atoms with Crippen molar-refractivity contribution in [3.63, 3.8) is 0 Å². The monoisotopic (exact) mass is 214 g/mol. The summed E-state index contributed by atoms with van der Waals surface area (Å²) in [5, 5.41) is 3.41. The Bertz CT molecular complexity index is 167. The SMILES string of the molecule is CCC(NC)C(C)N(CCOC)C1CC1. The van der Waals surface area contributed by atoms with Gasteiger partial charge in [0.25, 0.3) is 0 Å². The second-order valence-electron chi connectivity index (χ2n) is 4.51. The molecule has 0 aromatic heterocycles. The molecule has 0 heterocycles. The van der Waals surface area contributed by atoms with Crippen LogP contribution < -0.4 is 5.32 Å². The molecule has 0 radical (unpaired) electrons. The lowest BCUT2D eigenvalue weighted by atomic mass is 10.1. The number of hydrogen-bond acceptors (Lipinski definition) is 3. The van der Waals surface area contributed by atoms with Crippen molar-refractivity contribution < 1.29 is 4.74 Å². The number of hydrogen-bond donors (Lipinski definition) is 1. The van der Waals surface area contributed by atoms with Gasteiger partial charge in [0.1, 0.15) is 0 Å². The van der Waals surface area contributed by atoms with Gasteiger partial charge in [0.2, 0.25) is 0 Å². The Labute approximate surface area is 94.2 Å². The fourth-order valence-corrected chi connectivity index (χ4v) is 2.34. The topological polar surface area (TPSA) is 24.5 Å². The van der Waals surface area contributed by atoms with Gasteiger partial charge in [-0.05, 0) is 33.2 Å². The van der Waals surface area contributed by atoms with Crippen LogP contribution in [0.25, 0.3) is 0 Å². The summed E-state index contributed by atoms with van der Waals surface area (Å²) in [4.78, 5) is 2.61. The van der Waals surface area contributed by atoms with Gasteiger partial charge in [0.05, 0.1) is 6.61 Å². The van der Waals surface area contributed by atoms with Crippen LogP contribution in [0.2, 0.25) is 0 Å². The lowest BCUT2D eigenvalue weighted by Gasteiger charge is -2.34. The van der Waals surface area contributed by atoms with E-state index in [1.807, 2.05) is 0 Å². The number of nitrogens with zero attached hydrogens (tertiary/aromatic N) is 1. The Balaban J connectivity index is 2.45. The maximum atomic E-state index is 5.19. The minimum atomic E-state index is 0.599. The predicted octanol–water partition coefficient (Wildman–Crippen LogP) is 1.48. The van der Waals surface area contributed by atoms with Crippen molar-refractivity contribution in [1.29, 1.82) is 0 Å². The summed E-state index contributed by atoms with van der Waals surface area (Å²) < 4.78 is 5.19. The summed E-state index contributed by atoms with van der Waals surface area (Å²) in [6.07, 6.45) is 3.93. The zero-order chi connectivity index (χ0) is 11.3. The Kier molecular flexibility index (Phi) is 5.58. The van der Waals surface area contributed by atoms with Gasteiger partial charge >= 0.3 is 0 Å². The maximum absolute atomic E-state index is 5.19. The number of methoxy groups -OCH3 is 1. The molecule has 0 spiro atoms. The van der Waals surface area contributed by atoms with Gasteiger partial charge < -0.3 is 10.1 Å². The van der Waals surface area contributed by atoms with Crippen molar-refractivity contribution in [3.05, 3.63) is 0 Å². The van der Waals surface area contributed by atoms with Gasteiger partial charge in [0, 0.05) is 31.8 Å². The van der Waals surface area contributed by atoms with E-state index in [-0.39, 0.29) is 0 Å². The van der Waals surface area contributed by atoms with Crippen LogP contribution in [-0.2, 0) is 4.74 Å². The first-order valence-corrected chi connectivity index (χ1v) is 6.16. The van der Waals surface area contributed by atoms with Gasteiger partial charge in [0.15, 0.2) is 0 Å². The molecular formula is C12H26N2O. The van der Waals surface area contributed by atoms with E-state index in [0.29, 0.717) is 12.1 Å². The van der Waals surface area contributed by atoms with Crippen LogP contribution in [0.4, 0.5) is 0 Å². The van der Waals surface area contributed by atoms with E-state index in [4.69, 9.17) is 4.74 Å². The Morgan fingerprint density at radius 3 is 2.53 bits per heavy atom. The third kappa shape index (κ3) is 3.74. The first kappa shape index (κ1) is 12.9. The Hall–Kier alpha value is -0.120. The molecule has 0 amide bonds. The third-order valence-electron chi connectivity index (χ3n) is 3.49. The van der Waals surface area contributed by atoms with Crippen LogP contribution in [0.3, 0.4) is 0 Å². The van der Waals surface area contributed by atoms with Gasteiger partial charge in [-0.25, -0.2) is 0 Å². The number of likely N-dealkylation sites (N-methyl/N-ethyl adjacent to an activating group) is 1. The molecule has 0 saturated heterocycles. The van der Waals surface area contributed by atoms with Crippen molar-refractivity contribution in [2.45, 2.75) is 51.2 Å². The second kappa shape index (κ2) is 6.46. The van der Waals surface area contributed by atoms with Gasteiger partial charge in [-0.3, -0.25) is 4.90 Å². The predicted molar refractivity (Wildman–Crippen MR) is 64.2 cm³/mol. The maximum Gasteiger partial charge on any atom is 0.0589 e. The molecule has 90 valence electrons. The molecule has 0 aromatic carbocycles. The standard InChI is InChI=1S/C12H26N2O/c1-5-12(13-3)10(2)14(8-9-15-4)11-6-7-11/h10-13H,5-9H2,1-4H3. The van der Waals surface area contributed by atoms with E-state index < -0.39 is 0 Å². The minimum Gasteiger partial charge on any atom is -0.383 e. The van der Waals surface area contributed by atoms with Crippen molar-refractivity contribution in [1.82, 2.24) is 10.2 Å². The molecule has 1 saturated carbocycles. The molecule has 1 N–H and O–H groups in total. The molecule has 2 atom stereocenters. The van der Waals surface area contributed by atoms with E-state index in [1.165, 1.54) is 19.3 Å². The highest BCUT2D eigenvalue weighted by molar-refractivity contribution is 4.91. The molecule has 0 aromatic rings. The van der Waals surface area contributed by atoms with Gasteiger partial charge in [-0.15, -0.1) is 0 Å². The summed E-state index contributed by atoms with van der Waals surface area (Å²) in [5.41, 5.74) is 0. The van der Waals surface area contributed by atoms with Crippen LogP contribution in [0.1, 0.15) is 33.1 Å². The number of nitrogens with one attached hydrogen (secondary N) is 1. The summed E-state index contributed by atoms with van der Waals surface area (Å²) >= 11 is 0. The molecule has 0 aliphatic heterocycles. The molecular weight excluding hydrogens is 188 g/mol. The van der Waals surface area contributed by atoms with Crippen molar-refractivity contribution >= 4 is 0 Å². The number of ether oxygens (including phenoxy) is 1. The molecule has 2 unspecified atom stereocenters. The minimum absolute atomic E-state index is 0.599. The molecule has 1 aliphatic rings. The van der Waals surface area contributed by atoms with Crippen LogP contribution in [0, 0.1) is 0 Å². The highest BCUT2D eigenvalue weighted by Crippen LogP contribution is 2.29. The largest absolute Gasteiger partial charge is 0.383 e. The number of rotatable bonds is 8. The average molecular weight is 214 g/mol. The van der Waals surface area contributed by atoms with E-state index in [1.54, 1.807) is 7.11 Å². The van der Waals surface area contributed by atoms with Crippen molar-refractivity contribution in [2.24, 2.45) is 0 Å².